The minimum Gasteiger partial charge on any atom is -0.465 e. The highest BCUT2D eigenvalue weighted by Crippen LogP contribution is 2.32. The third kappa shape index (κ3) is 4.11. The number of esters is 1. The van der Waals surface area contributed by atoms with Crippen LogP contribution in [0.25, 0.3) is 0 Å². The first-order valence-corrected chi connectivity index (χ1v) is 8.32. The van der Waals surface area contributed by atoms with E-state index in [2.05, 4.69) is 34.0 Å². The van der Waals surface area contributed by atoms with Crippen LogP contribution in [0.15, 0.2) is 11.0 Å². The van der Waals surface area contributed by atoms with Crippen molar-refractivity contribution in [3.05, 3.63) is 13.8 Å². The summed E-state index contributed by atoms with van der Waals surface area (Å²) in [6.07, 6.45) is 2.63. The van der Waals surface area contributed by atoms with Gasteiger partial charge in [0.1, 0.15) is 4.88 Å². The third-order valence-corrected chi connectivity index (χ3v) is 5.45. The summed E-state index contributed by atoms with van der Waals surface area (Å²) < 4.78 is 5.91. The van der Waals surface area contributed by atoms with Gasteiger partial charge in [-0.1, -0.05) is 0 Å². The zero-order chi connectivity index (χ0) is 12.3. The number of halogens is 1. The van der Waals surface area contributed by atoms with Crippen LogP contribution in [-0.4, -0.2) is 31.4 Å². The fourth-order valence-corrected chi connectivity index (χ4v) is 4.51. The number of ether oxygens (including phenoxy) is 1. The first-order valence-electron chi connectivity index (χ1n) is 5.44. The van der Waals surface area contributed by atoms with E-state index in [1.165, 1.54) is 31.3 Å². The molecule has 17 heavy (non-hydrogen) atoms. The summed E-state index contributed by atoms with van der Waals surface area (Å²) in [6, 6.07) is 2.80. The summed E-state index contributed by atoms with van der Waals surface area (Å²) in [6.45, 7) is 1.00. The van der Waals surface area contributed by atoms with Gasteiger partial charge in [0.05, 0.1) is 9.99 Å². The molecule has 94 valence electrons. The van der Waals surface area contributed by atoms with E-state index in [0.29, 0.717) is 0 Å². The van der Waals surface area contributed by atoms with E-state index in [1.54, 1.807) is 11.8 Å². The molecule has 1 N–H and O–H groups in total. The molecule has 0 bridgehead atoms. The van der Waals surface area contributed by atoms with Crippen molar-refractivity contribution in [3.8, 4) is 0 Å². The Morgan fingerprint density at radius 3 is 3.12 bits per heavy atom. The Morgan fingerprint density at radius 2 is 2.47 bits per heavy atom. The van der Waals surface area contributed by atoms with Gasteiger partial charge in [-0.3, -0.25) is 0 Å². The van der Waals surface area contributed by atoms with E-state index >= 15 is 0 Å². The van der Waals surface area contributed by atoms with Gasteiger partial charge in [-0.05, 0) is 41.5 Å². The molecule has 2 rings (SSSR count). The second-order valence-electron chi connectivity index (χ2n) is 3.81. The number of rotatable bonds is 6. The van der Waals surface area contributed by atoms with Crippen molar-refractivity contribution in [2.24, 2.45) is 0 Å². The number of hydrogen-bond donors (Lipinski definition) is 1. The Hall–Kier alpha value is 0.210. The average Bonchev–Trinajstić information content (AvgIpc) is 3.07. The van der Waals surface area contributed by atoms with E-state index in [-0.39, 0.29) is 5.97 Å². The van der Waals surface area contributed by atoms with Gasteiger partial charge in [-0.15, -0.1) is 23.1 Å². The molecule has 0 atom stereocenters. The molecule has 0 aromatic carbocycles. The standard InChI is InChI=1S/C11H14INO2S2/c1-15-11(14)10-8(6-9(12)17-10)16-5-4-13-7-2-3-7/h6-7,13H,2-5H2,1H3. The molecule has 0 saturated heterocycles. The largest absolute Gasteiger partial charge is 0.465 e. The van der Waals surface area contributed by atoms with Crippen LogP contribution < -0.4 is 5.32 Å². The average molecular weight is 383 g/mol. The fourth-order valence-electron chi connectivity index (χ4n) is 1.40. The number of carbonyl (C=O) groups excluding carboxylic acids is 1. The quantitative estimate of drug-likeness (QED) is 0.355. The molecule has 0 spiro atoms. The molecule has 1 aliphatic rings. The van der Waals surface area contributed by atoms with Crippen molar-refractivity contribution in [2.45, 2.75) is 23.8 Å². The van der Waals surface area contributed by atoms with Gasteiger partial charge in [0, 0.05) is 23.2 Å². The van der Waals surface area contributed by atoms with E-state index in [1.807, 2.05) is 0 Å². The van der Waals surface area contributed by atoms with Gasteiger partial charge in [-0.25, -0.2) is 4.79 Å². The van der Waals surface area contributed by atoms with Gasteiger partial charge >= 0.3 is 5.97 Å². The van der Waals surface area contributed by atoms with Crippen molar-refractivity contribution in [1.82, 2.24) is 5.32 Å². The molecule has 3 nitrogen and oxygen atoms in total. The molecule has 1 aliphatic carbocycles. The number of hydrogen-bond acceptors (Lipinski definition) is 5. The third-order valence-electron chi connectivity index (χ3n) is 2.41. The minimum atomic E-state index is -0.226. The molecular formula is C11H14INO2S2. The van der Waals surface area contributed by atoms with Crippen molar-refractivity contribution in [3.63, 3.8) is 0 Å². The summed E-state index contributed by atoms with van der Waals surface area (Å²) >= 11 is 5.46. The topological polar surface area (TPSA) is 38.3 Å². The van der Waals surface area contributed by atoms with Crippen LogP contribution in [0, 0.1) is 2.88 Å². The lowest BCUT2D eigenvalue weighted by Gasteiger charge is -2.03. The SMILES string of the molecule is COC(=O)c1sc(I)cc1SCCNC1CC1. The zero-order valence-corrected chi connectivity index (χ0v) is 13.3. The second-order valence-corrected chi connectivity index (χ2v) is 7.90. The van der Waals surface area contributed by atoms with E-state index in [0.717, 1.165) is 31.0 Å². The van der Waals surface area contributed by atoms with E-state index in [9.17, 15) is 4.79 Å². The van der Waals surface area contributed by atoms with Crippen molar-refractivity contribution >= 4 is 51.7 Å². The molecule has 0 radical (unpaired) electrons. The highest BCUT2D eigenvalue weighted by atomic mass is 127. The highest BCUT2D eigenvalue weighted by molar-refractivity contribution is 14.1. The van der Waals surface area contributed by atoms with Crippen molar-refractivity contribution < 1.29 is 9.53 Å². The Balaban J connectivity index is 1.86. The summed E-state index contributed by atoms with van der Waals surface area (Å²) in [5.41, 5.74) is 0. The Labute approximate surface area is 123 Å². The summed E-state index contributed by atoms with van der Waals surface area (Å²) in [7, 11) is 1.43. The molecule has 6 heteroatoms. The van der Waals surface area contributed by atoms with E-state index in [4.69, 9.17) is 4.74 Å². The lowest BCUT2D eigenvalue weighted by Crippen LogP contribution is -2.19. The van der Waals surface area contributed by atoms with Crippen LogP contribution in [0.2, 0.25) is 0 Å². The van der Waals surface area contributed by atoms with Crippen LogP contribution in [0.5, 0.6) is 0 Å². The predicted octanol–water partition coefficient (Wildman–Crippen LogP) is 2.98. The van der Waals surface area contributed by atoms with Gasteiger partial charge in [0.25, 0.3) is 0 Å². The maximum Gasteiger partial charge on any atom is 0.349 e. The Kier molecular flexibility index (Phi) is 5.13. The van der Waals surface area contributed by atoms with Gasteiger partial charge in [0.15, 0.2) is 0 Å². The van der Waals surface area contributed by atoms with Crippen LogP contribution in [-0.2, 0) is 4.74 Å². The van der Waals surface area contributed by atoms with Crippen molar-refractivity contribution in [2.75, 3.05) is 19.4 Å². The molecule has 0 amide bonds. The number of nitrogens with one attached hydrogen (secondary N) is 1. The molecule has 1 aromatic heterocycles. The fraction of sp³-hybridized carbons (Fsp3) is 0.545. The van der Waals surface area contributed by atoms with Gasteiger partial charge < -0.3 is 10.1 Å². The Bertz CT molecular complexity index is 404. The number of carbonyl (C=O) groups is 1. The van der Waals surface area contributed by atoms with Gasteiger partial charge in [0.2, 0.25) is 0 Å². The van der Waals surface area contributed by atoms with Gasteiger partial charge in [-0.2, -0.15) is 0 Å². The lowest BCUT2D eigenvalue weighted by atomic mass is 10.5. The zero-order valence-electron chi connectivity index (χ0n) is 9.49. The highest BCUT2D eigenvalue weighted by Gasteiger charge is 2.20. The van der Waals surface area contributed by atoms with Crippen LogP contribution >= 0.6 is 45.7 Å². The molecule has 1 aromatic rings. The summed E-state index contributed by atoms with van der Waals surface area (Å²) in [5, 5.41) is 3.46. The van der Waals surface area contributed by atoms with Crippen LogP contribution in [0.3, 0.4) is 0 Å². The van der Waals surface area contributed by atoms with E-state index < -0.39 is 0 Å². The number of thioether (sulfide) groups is 1. The van der Waals surface area contributed by atoms with Crippen molar-refractivity contribution in [1.29, 1.82) is 0 Å². The minimum absolute atomic E-state index is 0.226. The second kappa shape index (κ2) is 6.40. The first-order chi connectivity index (χ1) is 8.20. The lowest BCUT2D eigenvalue weighted by molar-refractivity contribution is 0.0603. The summed E-state index contributed by atoms with van der Waals surface area (Å²) in [5.74, 6) is 0.767. The Morgan fingerprint density at radius 1 is 1.71 bits per heavy atom. The predicted molar refractivity (Wildman–Crippen MR) is 80.1 cm³/mol. The van der Waals surface area contributed by atoms with Crippen LogP contribution in [0.1, 0.15) is 22.5 Å². The molecule has 0 aliphatic heterocycles. The monoisotopic (exact) mass is 383 g/mol. The number of thiophene rings is 1. The first kappa shape index (κ1) is 13.6. The maximum atomic E-state index is 11.6. The van der Waals surface area contributed by atoms with Crippen LogP contribution in [0.4, 0.5) is 0 Å². The summed E-state index contributed by atoms with van der Waals surface area (Å²) in [4.78, 5) is 13.3. The number of methoxy groups -OCH3 is 1. The smallest absolute Gasteiger partial charge is 0.349 e. The molecule has 0 unspecified atom stereocenters. The maximum absolute atomic E-state index is 11.6. The molecular weight excluding hydrogens is 369 g/mol. The molecule has 1 heterocycles. The normalized spacial score (nSPS) is 14.9. The molecule has 1 saturated carbocycles. The molecule has 1 fully saturated rings.